The Morgan fingerprint density at radius 2 is 1.62 bits per heavy atom. The van der Waals surface area contributed by atoms with Crippen LogP contribution in [0.15, 0.2) is 29.7 Å². The van der Waals surface area contributed by atoms with Gasteiger partial charge in [0, 0.05) is 0 Å². The molecule has 0 amide bonds. The first-order valence-electron chi connectivity index (χ1n) is 5.61. The van der Waals surface area contributed by atoms with Crippen LogP contribution in [0.25, 0.3) is 0 Å². The highest BCUT2D eigenvalue weighted by Gasteiger charge is 2.38. The van der Waals surface area contributed by atoms with Gasteiger partial charge in [0.15, 0.2) is 29.1 Å². The van der Waals surface area contributed by atoms with Gasteiger partial charge in [0.25, 0.3) is 0 Å². The number of hydrogen-bond acceptors (Lipinski definition) is 9. The van der Waals surface area contributed by atoms with Crippen LogP contribution in [-0.4, -0.2) is 60.5 Å². The fourth-order valence-corrected chi connectivity index (χ4v) is 1.34. The first-order chi connectivity index (χ1) is 9.79. The number of rotatable bonds is 2. The van der Waals surface area contributed by atoms with E-state index in [4.69, 9.17) is 35.7 Å². The normalized spacial score (nSPS) is 18.8. The molecular formula is C12H14O9. The minimum Gasteiger partial charge on any atom is -0.505 e. The van der Waals surface area contributed by atoms with Crippen molar-refractivity contribution >= 4 is 5.97 Å². The third-order valence-corrected chi connectivity index (χ3v) is 2.47. The Hall–Kier alpha value is -2.65. The number of aliphatic hydroxyl groups is 4. The summed E-state index contributed by atoms with van der Waals surface area (Å²) in [6, 6.07) is 4.01. The van der Waals surface area contributed by atoms with Gasteiger partial charge in [-0.05, 0) is 12.1 Å². The zero-order valence-electron chi connectivity index (χ0n) is 10.5. The summed E-state index contributed by atoms with van der Waals surface area (Å²) in [6.07, 6.45) is -2.78. The molecule has 1 aliphatic heterocycles. The van der Waals surface area contributed by atoms with Gasteiger partial charge in [0.1, 0.15) is 6.10 Å². The second-order valence-electron chi connectivity index (χ2n) is 3.95. The van der Waals surface area contributed by atoms with E-state index in [1.165, 1.54) is 18.2 Å². The zero-order valence-corrected chi connectivity index (χ0v) is 10.5. The van der Waals surface area contributed by atoms with Crippen molar-refractivity contribution in [3.63, 3.8) is 0 Å². The van der Waals surface area contributed by atoms with Crippen LogP contribution in [0.3, 0.4) is 0 Å². The van der Waals surface area contributed by atoms with Crippen LogP contribution >= 0.6 is 0 Å². The molecule has 0 aromatic heterocycles. The number of aromatic hydroxyl groups is 3. The molecule has 0 spiro atoms. The van der Waals surface area contributed by atoms with Gasteiger partial charge in [-0.3, -0.25) is 0 Å². The molecule has 9 heteroatoms. The first kappa shape index (κ1) is 16.4. The summed E-state index contributed by atoms with van der Waals surface area (Å²) < 4.78 is 4.32. The number of esters is 1. The van der Waals surface area contributed by atoms with Crippen LogP contribution in [0.5, 0.6) is 17.2 Å². The lowest BCUT2D eigenvalue weighted by Gasteiger charge is -2.13. The average Bonchev–Trinajstić information content (AvgIpc) is 2.72. The molecule has 116 valence electrons. The largest absolute Gasteiger partial charge is 0.505 e. The van der Waals surface area contributed by atoms with Crippen LogP contribution in [0, 0.1) is 0 Å². The van der Waals surface area contributed by atoms with E-state index in [0.29, 0.717) is 0 Å². The average molecular weight is 302 g/mol. The molecule has 0 radical (unpaired) electrons. The smallest absolute Gasteiger partial charge is 0.377 e. The maximum absolute atomic E-state index is 10.5. The molecule has 21 heavy (non-hydrogen) atoms. The summed E-state index contributed by atoms with van der Waals surface area (Å²) in [5.74, 6) is -3.87. The number of cyclic esters (lactones) is 1. The first-order valence-corrected chi connectivity index (χ1v) is 5.61. The van der Waals surface area contributed by atoms with Crippen LogP contribution in [0.4, 0.5) is 0 Å². The van der Waals surface area contributed by atoms with Crippen molar-refractivity contribution in [1.82, 2.24) is 0 Å². The minimum atomic E-state index is -1.42. The van der Waals surface area contributed by atoms with E-state index in [-0.39, 0.29) is 11.5 Å². The Kier molecular flexibility index (Phi) is 5.22. The quantitative estimate of drug-likeness (QED) is 0.278. The molecule has 2 rings (SSSR count). The Balaban J connectivity index is 0.000000219. The summed E-state index contributed by atoms with van der Waals surface area (Å²) in [6.45, 7) is -0.671. The number of para-hydroxylation sites is 1. The zero-order chi connectivity index (χ0) is 16.2. The number of carbonyl (C=O) groups excluding carboxylic acids is 1. The van der Waals surface area contributed by atoms with E-state index in [1.807, 2.05) is 0 Å². The fourth-order valence-electron chi connectivity index (χ4n) is 1.34. The summed E-state index contributed by atoms with van der Waals surface area (Å²) in [5, 5.41) is 61.1. The topological polar surface area (TPSA) is 168 Å². The number of ether oxygens (including phenoxy) is 1. The second kappa shape index (κ2) is 6.68. The molecule has 7 N–H and O–H groups in total. The number of phenolic OH excluding ortho intramolecular Hbond substituents is 3. The van der Waals surface area contributed by atoms with Gasteiger partial charge in [0.05, 0.1) is 6.61 Å². The van der Waals surface area contributed by atoms with E-state index < -0.39 is 42.1 Å². The van der Waals surface area contributed by atoms with Crippen LogP contribution in [-0.2, 0) is 9.53 Å². The molecule has 0 saturated carbocycles. The monoisotopic (exact) mass is 302 g/mol. The maximum atomic E-state index is 10.5. The van der Waals surface area contributed by atoms with Gasteiger partial charge in [-0.25, -0.2) is 4.79 Å². The molecule has 1 heterocycles. The number of benzene rings is 1. The van der Waals surface area contributed by atoms with E-state index in [2.05, 4.69) is 4.74 Å². The van der Waals surface area contributed by atoms with E-state index in [0.717, 1.165) is 0 Å². The van der Waals surface area contributed by atoms with Crippen molar-refractivity contribution in [3.05, 3.63) is 29.7 Å². The Labute approximate surface area is 118 Å². The lowest BCUT2D eigenvalue weighted by atomic mass is 10.2. The standard InChI is InChI=1S/C6H8O6.C6H6O3/c7-1-2(8)5-3(9)4(10)6(11)12-5;7-4-2-1-3-5(8)6(4)9/h2,5,7-10H,1H2;1-3,7-9H/t2-,5+;/m0./s1. The van der Waals surface area contributed by atoms with Crippen molar-refractivity contribution in [2.24, 2.45) is 0 Å². The Morgan fingerprint density at radius 3 is 1.95 bits per heavy atom. The van der Waals surface area contributed by atoms with E-state index >= 15 is 0 Å². The van der Waals surface area contributed by atoms with Crippen LogP contribution in [0.2, 0.25) is 0 Å². The molecule has 0 unspecified atom stereocenters. The number of phenols is 3. The van der Waals surface area contributed by atoms with Crippen molar-refractivity contribution in [1.29, 1.82) is 0 Å². The molecule has 9 nitrogen and oxygen atoms in total. The van der Waals surface area contributed by atoms with Crippen molar-refractivity contribution < 1.29 is 45.3 Å². The minimum absolute atomic E-state index is 0.310. The van der Waals surface area contributed by atoms with Crippen LogP contribution < -0.4 is 0 Å². The molecule has 1 aliphatic rings. The summed E-state index contributed by atoms with van der Waals surface area (Å²) in [4.78, 5) is 10.5. The second-order valence-corrected chi connectivity index (χ2v) is 3.95. The Bertz CT molecular complexity index is 531. The lowest BCUT2D eigenvalue weighted by Crippen LogP contribution is -2.31. The lowest BCUT2D eigenvalue weighted by molar-refractivity contribution is -0.147. The third-order valence-electron chi connectivity index (χ3n) is 2.47. The summed E-state index contributed by atoms with van der Waals surface area (Å²) in [5.41, 5.74) is 0. The number of carbonyl (C=O) groups is 1. The molecule has 2 atom stereocenters. The van der Waals surface area contributed by atoms with Gasteiger partial charge in [-0.1, -0.05) is 6.07 Å². The molecule has 1 aromatic rings. The third kappa shape index (κ3) is 3.68. The summed E-state index contributed by atoms with van der Waals surface area (Å²) >= 11 is 0. The molecule has 1 aromatic carbocycles. The van der Waals surface area contributed by atoms with Gasteiger partial charge < -0.3 is 40.5 Å². The van der Waals surface area contributed by atoms with Crippen molar-refractivity contribution in [2.75, 3.05) is 6.61 Å². The molecule has 0 aliphatic carbocycles. The number of aliphatic hydroxyl groups excluding tert-OH is 4. The molecule has 0 saturated heterocycles. The van der Waals surface area contributed by atoms with Crippen molar-refractivity contribution in [3.8, 4) is 17.2 Å². The highest BCUT2D eigenvalue weighted by molar-refractivity contribution is 5.89. The number of hydrogen-bond donors (Lipinski definition) is 7. The summed E-state index contributed by atoms with van der Waals surface area (Å²) in [7, 11) is 0. The van der Waals surface area contributed by atoms with Gasteiger partial charge in [-0.15, -0.1) is 0 Å². The van der Waals surface area contributed by atoms with E-state index in [9.17, 15) is 4.79 Å². The van der Waals surface area contributed by atoms with Gasteiger partial charge in [0.2, 0.25) is 5.76 Å². The predicted octanol–water partition coefficient (Wildman–Crippen LogP) is -0.604. The maximum Gasteiger partial charge on any atom is 0.377 e. The van der Waals surface area contributed by atoms with Crippen molar-refractivity contribution in [2.45, 2.75) is 12.2 Å². The molecule has 0 fully saturated rings. The Morgan fingerprint density at radius 1 is 1.10 bits per heavy atom. The molecular weight excluding hydrogens is 288 g/mol. The predicted molar refractivity (Wildman–Crippen MR) is 66.7 cm³/mol. The fraction of sp³-hybridized carbons (Fsp3) is 0.250. The highest BCUT2D eigenvalue weighted by atomic mass is 16.6. The van der Waals surface area contributed by atoms with E-state index in [1.54, 1.807) is 0 Å². The van der Waals surface area contributed by atoms with Gasteiger partial charge in [-0.2, -0.15) is 0 Å². The molecule has 0 bridgehead atoms. The van der Waals surface area contributed by atoms with Gasteiger partial charge >= 0.3 is 5.97 Å². The SMILES string of the molecule is O=C1O[C@H]([C@@H](O)CO)C(O)=C1O.Oc1cccc(O)c1O. The van der Waals surface area contributed by atoms with Crippen LogP contribution in [0.1, 0.15) is 0 Å². The highest BCUT2D eigenvalue weighted by Crippen LogP contribution is 2.32.